The molecule has 4 N–H and O–H groups in total. The van der Waals surface area contributed by atoms with Gasteiger partial charge in [-0.2, -0.15) is 0 Å². The number of nitrogens with zero attached hydrogens (tertiary/aromatic N) is 1. The number of carbonyl (C=O) groups excluding carboxylic acids is 2. The maximum absolute atomic E-state index is 12.4. The molecule has 0 bridgehead atoms. The summed E-state index contributed by atoms with van der Waals surface area (Å²) in [5.74, 6) is -0.607. The van der Waals surface area contributed by atoms with Crippen molar-refractivity contribution >= 4 is 17.5 Å². The van der Waals surface area contributed by atoms with Gasteiger partial charge in [-0.1, -0.05) is 24.3 Å². The number of benzene rings is 2. The Balaban J connectivity index is 1.54. The van der Waals surface area contributed by atoms with Crippen molar-refractivity contribution in [2.45, 2.75) is 38.9 Å². The van der Waals surface area contributed by atoms with Gasteiger partial charge >= 0.3 is 0 Å². The van der Waals surface area contributed by atoms with Crippen molar-refractivity contribution < 1.29 is 9.59 Å². The lowest BCUT2D eigenvalue weighted by molar-refractivity contribution is -0.117. The van der Waals surface area contributed by atoms with Crippen LogP contribution in [0, 0.1) is 0 Å². The molecule has 6 nitrogen and oxygen atoms in total. The fourth-order valence-corrected chi connectivity index (χ4v) is 3.39. The molecule has 1 saturated heterocycles. The van der Waals surface area contributed by atoms with Crippen LogP contribution in [-0.2, 0) is 17.9 Å². The van der Waals surface area contributed by atoms with Gasteiger partial charge in [-0.3, -0.25) is 14.5 Å². The van der Waals surface area contributed by atoms with E-state index >= 15 is 0 Å². The second-order valence-corrected chi connectivity index (χ2v) is 7.29. The summed E-state index contributed by atoms with van der Waals surface area (Å²) in [6.07, 6.45) is 2.55. The van der Waals surface area contributed by atoms with Gasteiger partial charge in [-0.15, -0.1) is 0 Å². The van der Waals surface area contributed by atoms with E-state index in [1.165, 1.54) is 24.0 Å². The van der Waals surface area contributed by atoms with Crippen LogP contribution < -0.4 is 16.4 Å². The van der Waals surface area contributed by atoms with Crippen molar-refractivity contribution in [2.75, 3.05) is 18.4 Å². The zero-order valence-electron chi connectivity index (χ0n) is 16.3. The smallest absolute Gasteiger partial charge is 0.248 e. The molecule has 1 atom stereocenters. The predicted octanol–water partition coefficient (Wildman–Crippen LogP) is 2.50. The third kappa shape index (κ3) is 5.41. The Hall–Kier alpha value is -2.70. The number of likely N-dealkylation sites (tertiary alicyclic amines) is 1. The third-order valence-corrected chi connectivity index (χ3v) is 5.14. The van der Waals surface area contributed by atoms with E-state index in [1.807, 2.05) is 13.0 Å². The Kier molecular flexibility index (Phi) is 6.79. The van der Waals surface area contributed by atoms with Gasteiger partial charge < -0.3 is 16.4 Å². The first kappa shape index (κ1) is 20.0. The van der Waals surface area contributed by atoms with Gasteiger partial charge in [0.1, 0.15) is 0 Å². The van der Waals surface area contributed by atoms with Crippen LogP contribution in [0.2, 0.25) is 0 Å². The molecule has 2 aromatic carbocycles. The molecule has 1 unspecified atom stereocenters. The SMILES string of the molecule is CC(NCc1ccccc1CN1CCCC1)C(=O)Nc1ccc(C(N)=O)cc1. The molecule has 3 rings (SSSR count). The summed E-state index contributed by atoms with van der Waals surface area (Å²) in [5, 5.41) is 6.16. The highest BCUT2D eigenvalue weighted by atomic mass is 16.2. The second-order valence-electron chi connectivity index (χ2n) is 7.29. The van der Waals surface area contributed by atoms with Gasteiger partial charge in [0.05, 0.1) is 6.04 Å². The van der Waals surface area contributed by atoms with Crippen molar-refractivity contribution in [1.29, 1.82) is 0 Å². The Morgan fingerprint density at radius 2 is 1.68 bits per heavy atom. The minimum absolute atomic E-state index is 0.121. The number of nitrogens with two attached hydrogens (primary N) is 1. The highest BCUT2D eigenvalue weighted by Gasteiger charge is 2.16. The van der Waals surface area contributed by atoms with E-state index in [2.05, 4.69) is 33.7 Å². The van der Waals surface area contributed by atoms with E-state index in [0.717, 1.165) is 19.6 Å². The fraction of sp³-hybridized carbons (Fsp3) is 0.364. The van der Waals surface area contributed by atoms with Crippen molar-refractivity contribution in [2.24, 2.45) is 5.73 Å². The molecule has 0 aliphatic carbocycles. The number of hydrogen-bond donors (Lipinski definition) is 3. The molecule has 1 heterocycles. The van der Waals surface area contributed by atoms with E-state index in [4.69, 9.17) is 5.73 Å². The molecular formula is C22H28N4O2. The standard InChI is InChI=1S/C22H28N4O2/c1-16(22(28)25-20-10-8-17(9-11-20)21(23)27)24-14-18-6-2-3-7-19(18)15-26-12-4-5-13-26/h2-3,6-11,16,24H,4-5,12-15H2,1H3,(H2,23,27)(H,25,28). The summed E-state index contributed by atoms with van der Waals surface area (Å²) in [7, 11) is 0. The first-order chi connectivity index (χ1) is 13.5. The molecule has 0 spiro atoms. The van der Waals surface area contributed by atoms with Crippen molar-refractivity contribution in [3.8, 4) is 0 Å². The van der Waals surface area contributed by atoms with Crippen molar-refractivity contribution in [3.05, 3.63) is 65.2 Å². The van der Waals surface area contributed by atoms with Crippen LogP contribution in [-0.4, -0.2) is 35.8 Å². The number of amides is 2. The number of hydrogen-bond acceptors (Lipinski definition) is 4. The van der Waals surface area contributed by atoms with Crippen molar-refractivity contribution in [1.82, 2.24) is 10.2 Å². The van der Waals surface area contributed by atoms with E-state index in [1.54, 1.807) is 24.3 Å². The number of rotatable bonds is 8. The Morgan fingerprint density at radius 1 is 1.04 bits per heavy atom. The molecule has 1 aliphatic heterocycles. The monoisotopic (exact) mass is 380 g/mol. The highest BCUT2D eigenvalue weighted by Crippen LogP contribution is 2.16. The summed E-state index contributed by atoms with van der Waals surface area (Å²) in [4.78, 5) is 26.0. The zero-order valence-corrected chi connectivity index (χ0v) is 16.3. The fourth-order valence-electron chi connectivity index (χ4n) is 3.39. The lowest BCUT2D eigenvalue weighted by atomic mass is 10.1. The van der Waals surface area contributed by atoms with Crippen molar-refractivity contribution in [3.63, 3.8) is 0 Å². The van der Waals surface area contributed by atoms with Crippen LogP contribution in [0.15, 0.2) is 48.5 Å². The third-order valence-electron chi connectivity index (χ3n) is 5.14. The summed E-state index contributed by atoms with van der Waals surface area (Å²) in [6, 6.07) is 14.6. The lowest BCUT2D eigenvalue weighted by Gasteiger charge is -2.19. The van der Waals surface area contributed by atoms with Gasteiger partial charge in [0, 0.05) is 24.3 Å². The zero-order chi connectivity index (χ0) is 19.9. The van der Waals surface area contributed by atoms with Crippen LogP contribution in [0.3, 0.4) is 0 Å². The van der Waals surface area contributed by atoms with E-state index < -0.39 is 5.91 Å². The molecule has 0 aromatic heterocycles. The average molecular weight is 380 g/mol. The minimum atomic E-state index is -0.486. The summed E-state index contributed by atoms with van der Waals surface area (Å²) in [5.41, 5.74) is 8.82. The first-order valence-electron chi connectivity index (χ1n) is 9.76. The van der Waals surface area contributed by atoms with E-state index in [0.29, 0.717) is 17.8 Å². The average Bonchev–Trinajstić information content (AvgIpc) is 3.20. The summed E-state index contributed by atoms with van der Waals surface area (Å²) in [6.45, 7) is 5.77. The molecule has 2 amide bonds. The minimum Gasteiger partial charge on any atom is -0.366 e. The Labute approximate surface area is 166 Å². The quantitative estimate of drug-likeness (QED) is 0.657. The van der Waals surface area contributed by atoms with Gasteiger partial charge in [0.2, 0.25) is 11.8 Å². The molecule has 28 heavy (non-hydrogen) atoms. The lowest BCUT2D eigenvalue weighted by Crippen LogP contribution is -2.37. The summed E-state index contributed by atoms with van der Waals surface area (Å²) >= 11 is 0. The number of carbonyl (C=O) groups is 2. The molecule has 1 aliphatic rings. The largest absolute Gasteiger partial charge is 0.366 e. The second kappa shape index (κ2) is 9.48. The molecule has 1 fully saturated rings. The maximum Gasteiger partial charge on any atom is 0.248 e. The van der Waals surface area contributed by atoms with Gasteiger partial charge in [-0.25, -0.2) is 0 Å². The van der Waals surface area contributed by atoms with Gasteiger partial charge in [-0.05, 0) is 68.2 Å². The number of anilines is 1. The van der Waals surface area contributed by atoms with Gasteiger partial charge in [0.25, 0.3) is 0 Å². The number of nitrogens with one attached hydrogen (secondary N) is 2. The molecule has 0 radical (unpaired) electrons. The molecule has 148 valence electrons. The van der Waals surface area contributed by atoms with Crippen LogP contribution in [0.5, 0.6) is 0 Å². The van der Waals surface area contributed by atoms with Crippen LogP contribution in [0.25, 0.3) is 0 Å². The van der Waals surface area contributed by atoms with E-state index in [9.17, 15) is 9.59 Å². The van der Waals surface area contributed by atoms with E-state index in [-0.39, 0.29) is 11.9 Å². The highest BCUT2D eigenvalue weighted by molar-refractivity contribution is 5.96. The molecular weight excluding hydrogens is 352 g/mol. The molecule has 6 heteroatoms. The molecule has 2 aromatic rings. The normalized spacial score (nSPS) is 15.3. The maximum atomic E-state index is 12.4. The summed E-state index contributed by atoms with van der Waals surface area (Å²) < 4.78 is 0. The first-order valence-corrected chi connectivity index (χ1v) is 9.76. The topological polar surface area (TPSA) is 87.5 Å². The predicted molar refractivity (Wildman–Crippen MR) is 111 cm³/mol. The van der Waals surface area contributed by atoms with Crippen LogP contribution >= 0.6 is 0 Å². The van der Waals surface area contributed by atoms with Gasteiger partial charge in [0.15, 0.2) is 0 Å². The van der Waals surface area contributed by atoms with Crippen LogP contribution in [0.4, 0.5) is 5.69 Å². The Bertz CT molecular complexity index is 814. The number of primary amides is 1. The van der Waals surface area contributed by atoms with Crippen LogP contribution in [0.1, 0.15) is 41.3 Å². The molecule has 0 saturated carbocycles. The Morgan fingerprint density at radius 3 is 2.32 bits per heavy atom.